The number of likely N-dealkylation sites (N-methyl/N-ethyl adjacent to an activating group) is 1. The van der Waals surface area contributed by atoms with Crippen molar-refractivity contribution in [2.24, 2.45) is 5.92 Å². The summed E-state index contributed by atoms with van der Waals surface area (Å²) < 4.78 is 13.1. The van der Waals surface area contributed by atoms with E-state index in [1.165, 1.54) is 44.1 Å². The number of halogens is 2. The summed E-state index contributed by atoms with van der Waals surface area (Å²) in [6, 6.07) is 10.8. The summed E-state index contributed by atoms with van der Waals surface area (Å²) >= 11 is 10.5. The summed E-state index contributed by atoms with van der Waals surface area (Å²) in [6.45, 7) is 16.6. The molecular weight excluding hydrogens is 539 g/mol. The van der Waals surface area contributed by atoms with Crippen molar-refractivity contribution in [3.63, 3.8) is 0 Å². The first-order valence-corrected chi connectivity index (χ1v) is 16.0. The lowest BCUT2D eigenvalue weighted by Crippen LogP contribution is -2.41. The van der Waals surface area contributed by atoms with Crippen LogP contribution in [0, 0.1) is 5.92 Å². The molecule has 1 atom stereocenters. The highest BCUT2D eigenvalue weighted by atomic mass is 35.5. The third-order valence-corrected chi connectivity index (χ3v) is 6.79. The van der Waals surface area contributed by atoms with Crippen LogP contribution in [0.2, 0.25) is 0 Å². The van der Waals surface area contributed by atoms with E-state index in [1.54, 1.807) is 6.08 Å². The van der Waals surface area contributed by atoms with E-state index in [9.17, 15) is 0 Å². The average molecular weight is 595 g/mol. The minimum absolute atomic E-state index is 0.241. The second kappa shape index (κ2) is 22.8. The molecule has 1 heterocycles. The van der Waals surface area contributed by atoms with E-state index < -0.39 is 0 Å². The van der Waals surface area contributed by atoms with Gasteiger partial charge >= 0.3 is 0 Å². The second-order valence-electron chi connectivity index (χ2n) is 9.97. The van der Waals surface area contributed by atoms with E-state index in [0.717, 1.165) is 34.8 Å². The summed E-state index contributed by atoms with van der Waals surface area (Å²) in [4.78, 5) is 4.78. The SMILES string of the molecule is C=C(Cl)/C=C\C(=C/C)COCC[N+](C)(C)Cc1cnc(C(c2ccccc2)C2CCCCC2)o1.CC.CC.CCl. The maximum absolute atomic E-state index is 6.40. The fourth-order valence-electron chi connectivity index (χ4n) is 4.71. The minimum atomic E-state index is 0.241. The van der Waals surface area contributed by atoms with Crippen LogP contribution in [0.15, 0.2) is 76.4 Å². The van der Waals surface area contributed by atoms with Gasteiger partial charge < -0.3 is 13.6 Å². The van der Waals surface area contributed by atoms with Gasteiger partial charge in [-0.05, 0) is 42.9 Å². The first-order valence-electron chi connectivity index (χ1n) is 14.8. The fourth-order valence-corrected chi connectivity index (χ4v) is 4.77. The van der Waals surface area contributed by atoms with E-state index in [2.05, 4.69) is 62.6 Å². The van der Waals surface area contributed by atoms with Crippen molar-refractivity contribution in [1.29, 1.82) is 0 Å². The first kappa shape index (κ1) is 38.1. The highest BCUT2D eigenvalue weighted by molar-refractivity contribution is 6.30. The van der Waals surface area contributed by atoms with Crippen molar-refractivity contribution in [3.8, 4) is 0 Å². The van der Waals surface area contributed by atoms with Gasteiger partial charge in [-0.25, -0.2) is 4.98 Å². The van der Waals surface area contributed by atoms with E-state index >= 15 is 0 Å². The van der Waals surface area contributed by atoms with E-state index in [4.69, 9.17) is 25.7 Å². The largest absolute Gasteiger partial charge is 0.439 e. The van der Waals surface area contributed by atoms with Gasteiger partial charge in [-0.15, -0.1) is 11.6 Å². The molecule has 0 amide bonds. The predicted octanol–water partition coefficient (Wildman–Crippen LogP) is 10.1. The summed E-state index contributed by atoms with van der Waals surface area (Å²) in [5.41, 5.74) is 2.40. The van der Waals surface area contributed by atoms with Crippen LogP contribution in [-0.2, 0) is 11.3 Å². The fraction of sp³-hybridized carbons (Fsp3) is 0.559. The number of aromatic nitrogens is 1. The molecule has 1 aliphatic rings. The van der Waals surface area contributed by atoms with Gasteiger partial charge in [-0.2, -0.15) is 0 Å². The van der Waals surface area contributed by atoms with Gasteiger partial charge in [0, 0.05) is 11.4 Å². The Kier molecular flexibility index (Phi) is 21.7. The molecule has 0 bridgehead atoms. The maximum atomic E-state index is 6.40. The zero-order valence-corrected chi connectivity index (χ0v) is 27.9. The first-order chi connectivity index (χ1) is 19.4. The molecule has 0 saturated heterocycles. The maximum Gasteiger partial charge on any atom is 0.202 e. The Balaban J connectivity index is 0.00000237. The monoisotopic (exact) mass is 593 g/mol. The predicted molar refractivity (Wildman–Crippen MR) is 175 cm³/mol. The normalized spacial score (nSPS) is 14.7. The summed E-state index contributed by atoms with van der Waals surface area (Å²) in [5.74, 6) is 2.65. The molecular formula is C34H55Cl2N2O2+. The molecule has 1 saturated carbocycles. The summed E-state index contributed by atoms with van der Waals surface area (Å²) in [6.07, 6.45) is 15.6. The van der Waals surface area contributed by atoms with Crippen LogP contribution in [-0.4, -0.2) is 49.7 Å². The van der Waals surface area contributed by atoms with Crippen molar-refractivity contribution in [2.45, 2.75) is 79.2 Å². The lowest BCUT2D eigenvalue weighted by Gasteiger charge is -2.29. The van der Waals surface area contributed by atoms with Crippen LogP contribution in [0.5, 0.6) is 0 Å². The van der Waals surface area contributed by atoms with Gasteiger partial charge in [0.2, 0.25) is 5.89 Å². The van der Waals surface area contributed by atoms with Gasteiger partial charge in [0.1, 0.15) is 13.1 Å². The zero-order chi connectivity index (χ0) is 30.4. The van der Waals surface area contributed by atoms with Crippen LogP contribution in [0.1, 0.15) is 89.9 Å². The van der Waals surface area contributed by atoms with E-state index in [-0.39, 0.29) is 5.92 Å². The van der Waals surface area contributed by atoms with Crippen LogP contribution in [0.4, 0.5) is 0 Å². The Bertz CT molecular complexity index is 961. The lowest BCUT2D eigenvalue weighted by molar-refractivity contribution is -0.904. The molecule has 1 fully saturated rings. The van der Waals surface area contributed by atoms with Crippen molar-refractivity contribution >= 4 is 23.2 Å². The van der Waals surface area contributed by atoms with Gasteiger partial charge in [0.05, 0.1) is 39.4 Å². The number of hydrogen-bond acceptors (Lipinski definition) is 3. The molecule has 1 unspecified atom stereocenters. The van der Waals surface area contributed by atoms with Crippen molar-refractivity contribution < 1.29 is 13.6 Å². The zero-order valence-electron chi connectivity index (χ0n) is 26.4. The molecule has 0 aliphatic heterocycles. The third-order valence-electron chi connectivity index (χ3n) is 6.66. The Morgan fingerprint density at radius 3 is 2.27 bits per heavy atom. The number of rotatable bonds is 12. The molecule has 226 valence electrons. The van der Waals surface area contributed by atoms with Crippen molar-refractivity contribution in [1.82, 2.24) is 4.98 Å². The van der Waals surface area contributed by atoms with Gasteiger partial charge in [-0.1, -0.05) is 108 Å². The van der Waals surface area contributed by atoms with Crippen molar-refractivity contribution in [3.05, 3.63) is 89.2 Å². The standard InChI is InChI=1S/C29H40ClN2O2.2C2H6.CH3Cl/c1-5-24(17-16-23(2)30)22-33-19-18-32(3,4)21-27-20-31-29(34-27)28(25-12-8-6-9-13-25)26-14-10-7-11-15-26;3*1-2/h5-6,8-9,12-13,16-17,20,26,28H,2,7,10-11,14-15,18-19,21-22H2,1,3-4H3;2*1-2H3;1H3/q+1;;;/b17-16-,24-5+;;;. The molecule has 4 nitrogen and oxygen atoms in total. The third kappa shape index (κ3) is 14.7. The molecule has 1 aromatic carbocycles. The Morgan fingerprint density at radius 1 is 1.07 bits per heavy atom. The van der Waals surface area contributed by atoms with Crippen LogP contribution >= 0.6 is 23.2 Å². The topological polar surface area (TPSA) is 35.3 Å². The molecule has 1 aromatic heterocycles. The van der Waals surface area contributed by atoms with Crippen molar-refractivity contribution in [2.75, 3.05) is 40.2 Å². The number of ether oxygens (including phenoxy) is 1. The molecule has 2 aromatic rings. The highest BCUT2D eigenvalue weighted by Gasteiger charge is 2.31. The number of oxazole rings is 1. The smallest absolute Gasteiger partial charge is 0.202 e. The highest BCUT2D eigenvalue weighted by Crippen LogP contribution is 2.40. The van der Waals surface area contributed by atoms with Gasteiger partial charge in [-0.3, -0.25) is 0 Å². The molecule has 0 radical (unpaired) electrons. The quantitative estimate of drug-likeness (QED) is 0.106. The average Bonchev–Trinajstić information content (AvgIpc) is 3.44. The molecule has 1 aliphatic carbocycles. The Hall–Kier alpha value is -1.85. The molecule has 40 heavy (non-hydrogen) atoms. The molecule has 6 heteroatoms. The van der Waals surface area contributed by atoms with Crippen LogP contribution < -0.4 is 0 Å². The van der Waals surface area contributed by atoms with Crippen LogP contribution in [0.3, 0.4) is 0 Å². The number of benzene rings is 1. The van der Waals surface area contributed by atoms with Gasteiger partial charge in [0.25, 0.3) is 0 Å². The Morgan fingerprint density at radius 2 is 1.70 bits per heavy atom. The van der Waals surface area contributed by atoms with Crippen LogP contribution in [0.25, 0.3) is 0 Å². The summed E-state index contributed by atoms with van der Waals surface area (Å²) in [5, 5.41) is 0.515. The lowest BCUT2D eigenvalue weighted by atomic mass is 9.77. The second-order valence-corrected chi connectivity index (χ2v) is 10.5. The number of nitrogens with zero attached hydrogens (tertiary/aromatic N) is 2. The summed E-state index contributed by atoms with van der Waals surface area (Å²) in [7, 11) is 4.41. The molecule has 0 N–H and O–H groups in total. The number of alkyl halides is 1. The molecule has 0 spiro atoms. The van der Waals surface area contributed by atoms with E-state index in [0.29, 0.717) is 24.2 Å². The minimum Gasteiger partial charge on any atom is -0.439 e. The number of allylic oxidation sites excluding steroid dienone is 3. The number of hydrogen-bond donors (Lipinski definition) is 0. The Labute approximate surface area is 255 Å². The molecule has 3 rings (SSSR count). The van der Waals surface area contributed by atoms with Gasteiger partial charge in [0.15, 0.2) is 5.76 Å². The number of quaternary nitrogens is 1. The van der Waals surface area contributed by atoms with E-state index in [1.807, 2.05) is 53.0 Å².